The van der Waals surface area contributed by atoms with Crippen molar-refractivity contribution in [3.05, 3.63) is 60.4 Å². The average molecular weight is 311 g/mol. The van der Waals surface area contributed by atoms with E-state index in [2.05, 4.69) is 0 Å². The Morgan fingerprint density at radius 1 is 1.04 bits per heavy atom. The molecule has 3 rings (SSSR count). The summed E-state index contributed by atoms with van der Waals surface area (Å²) in [7, 11) is 0. The van der Waals surface area contributed by atoms with Crippen LogP contribution in [0.1, 0.15) is 20.8 Å². The molecule has 1 heterocycles. The maximum absolute atomic E-state index is 13.6. The zero-order valence-corrected chi connectivity index (χ0v) is 13.3. The summed E-state index contributed by atoms with van der Waals surface area (Å²) >= 11 is 0. The molecule has 0 aliphatic carbocycles. The number of carbonyl (C=O) groups excluding carboxylic acids is 1. The van der Waals surface area contributed by atoms with Gasteiger partial charge in [-0.15, -0.1) is 0 Å². The maximum atomic E-state index is 13.6. The number of carbonyl (C=O) groups is 1. The lowest BCUT2D eigenvalue weighted by atomic mass is 10.1. The minimum Gasteiger partial charge on any atom is -0.443 e. The molecular formula is C19H18FNO2. The van der Waals surface area contributed by atoms with Gasteiger partial charge in [0.2, 0.25) is 0 Å². The molecule has 3 aromatic rings. The van der Waals surface area contributed by atoms with Crippen LogP contribution in [-0.2, 0) is 4.74 Å². The van der Waals surface area contributed by atoms with Crippen molar-refractivity contribution in [2.75, 3.05) is 0 Å². The minimum absolute atomic E-state index is 0.344. The zero-order valence-electron chi connectivity index (χ0n) is 13.3. The van der Waals surface area contributed by atoms with E-state index in [0.717, 1.165) is 10.9 Å². The van der Waals surface area contributed by atoms with Gasteiger partial charge in [0.05, 0.1) is 11.2 Å². The van der Waals surface area contributed by atoms with Crippen LogP contribution in [-0.4, -0.2) is 16.3 Å². The number of hydrogen-bond acceptors (Lipinski definition) is 2. The molecule has 0 radical (unpaired) electrons. The fourth-order valence-corrected chi connectivity index (χ4v) is 2.52. The normalized spacial score (nSPS) is 11.7. The highest BCUT2D eigenvalue weighted by atomic mass is 19.1. The lowest BCUT2D eigenvalue weighted by Crippen LogP contribution is -2.27. The zero-order chi connectivity index (χ0) is 16.6. The molecule has 0 unspecified atom stereocenters. The smallest absolute Gasteiger partial charge is 0.419 e. The van der Waals surface area contributed by atoms with Crippen LogP contribution in [0.25, 0.3) is 22.2 Å². The molecule has 0 bridgehead atoms. The van der Waals surface area contributed by atoms with Gasteiger partial charge < -0.3 is 4.74 Å². The molecule has 3 nitrogen and oxygen atoms in total. The number of para-hydroxylation sites is 1. The highest BCUT2D eigenvalue weighted by Gasteiger charge is 2.22. The van der Waals surface area contributed by atoms with Crippen molar-refractivity contribution in [2.24, 2.45) is 0 Å². The van der Waals surface area contributed by atoms with Crippen molar-refractivity contribution in [1.29, 1.82) is 0 Å². The van der Waals surface area contributed by atoms with E-state index in [1.807, 2.05) is 51.1 Å². The Bertz CT molecular complexity index is 874. The Balaban J connectivity index is 2.21. The summed E-state index contributed by atoms with van der Waals surface area (Å²) in [5.74, 6) is -0.344. The summed E-state index contributed by atoms with van der Waals surface area (Å²) in [6.07, 6.45) is -0.474. The van der Waals surface area contributed by atoms with Crippen LogP contribution in [0.15, 0.2) is 54.6 Å². The number of halogens is 1. The second kappa shape index (κ2) is 5.54. The van der Waals surface area contributed by atoms with E-state index >= 15 is 0 Å². The summed E-state index contributed by atoms with van der Waals surface area (Å²) in [6, 6.07) is 15.6. The molecule has 23 heavy (non-hydrogen) atoms. The summed E-state index contributed by atoms with van der Waals surface area (Å²) in [5.41, 5.74) is 1.37. The van der Waals surface area contributed by atoms with Gasteiger partial charge in [0, 0.05) is 10.9 Å². The minimum atomic E-state index is -0.609. The van der Waals surface area contributed by atoms with Crippen LogP contribution >= 0.6 is 0 Å². The van der Waals surface area contributed by atoms with Gasteiger partial charge in [0.15, 0.2) is 0 Å². The van der Waals surface area contributed by atoms with Crippen molar-refractivity contribution in [2.45, 2.75) is 26.4 Å². The molecular weight excluding hydrogens is 293 g/mol. The lowest BCUT2D eigenvalue weighted by molar-refractivity contribution is 0.0547. The van der Waals surface area contributed by atoms with Gasteiger partial charge in [-0.3, -0.25) is 0 Å². The third-order valence-corrected chi connectivity index (χ3v) is 3.41. The Morgan fingerprint density at radius 2 is 1.78 bits per heavy atom. The molecule has 2 aromatic carbocycles. The van der Waals surface area contributed by atoms with E-state index in [4.69, 9.17) is 4.74 Å². The van der Waals surface area contributed by atoms with E-state index in [1.165, 1.54) is 16.7 Å². The molecule has 0 saturated heterocycles. The first-order valence-corrected chi connectivity index (χ1v) is 7.45. The Kier molecular flexibility index (Phi) is 3.68. The van der Waals surface area contributed by atoms with E-state index in [0.29, 0.717) is 11.3 Å². The number of benzene rings is 2. The van der Waals surface area contributed by atoms with E-state index in [1.54, 1.807) is 12.1 Å². The van der Waals surface area contributed by atoms with Crippen LogP contribution in [0.3, 0.4) is 0 Å². The predicted octanol–water partition coefficient (Wildman–Crippen LogP) is 5.23. The second-order valence-electron chi connectivity index (χ2n) is 6.41. The highest BCUT2D eigenvalue weighted by Crippen LogP contribution is 2.29. The number of hydrogen-bond donors (Lipinski definition) is 0. The van der Waals surface area contributed by atoms with Crippen LogP contribution in [0.5, 0.6) is 0 Å². The van der Waals surface area contributed by atoms with Crippen LogP contribution in [0.2, 0.25) is 0 Å². The fourth-order valence-electron chi connectivity index (χ4n) is 2.52. The van der Waals surface area contributed by atoms with Crippen molar-refractivity contribution in [3.8, 4) is 11.3 Å². The lowest BCUT2D eigenvalue weighted by Gasteiger charge is -2.21. The molecule has 0 aliphatic rings. The first-order chi connectivity index (χ1) is 10.8. The van der Waals surface area contributed by atoms with Gasteiger partial charge in [-0.25, -0.2) is 13.8 Å². The molecule has 0 atom stereocenters. The molecule has 1 aromatic heterocycles. The largest absolute Gasteiger partial charge is 0.443 e. The summed E-state index contributed by atoms with van der Waals surface area (Å²) in [5, 5.41) is 0.901. The fraction of sp³-hybridized carbons (Fsp3) is 0.211. The van der Waals surface area contributed by atoms with Gasteiger partial charge >= 0.3 is 6.09 Å². The van der Waals surface area contributed by atoms with Crippen LogP contribution in [0, 0.1) is 5.82 Å². The van der Waals surface area contributed by atoms with Gasteiger partial charge in [-0.2, -0.15) is 0 Å². The number of aromatic nitrogens is 1. The van der Waals surface area contributed by atoms with E-state index < -0.39 is 11.7 Å². The van der Waals surface area contributed by atoms with Crippen molar-refractivity contribution < 1.29 is 13.9 Å². The maximum Gasteiger partial charge on any atom is 0.419 e. The number of fused-ring (bicyclic) bond motifs is 1. The Morgan fingerprint density at radius 3 is 2.48 bits per heavy atom. The summed E-state index contributed by atoms with van der Waals surface area (Å²) in [6.45, 7) is 5.45. The molecule has 0 fully saturated rings. The highest BCUT2D eigenvalue weighted by molar-refractivity contribution is 5.96. The predicted molar refractivity (Wildman–Crippen MR) is 89.0 cm³/mol. The molecule has 118 valence electrons. The third kappa shape index (κ3) is 3.11. The van der Waals surface area contributed by atoms with Crippen molar-refractivity contribution in [3.63, 3.8) is 0 Å². The second-order valence-corrected chi connectivity index (χ2v) is 6.41. The molecule has 0 spiro atoms. The molecule has 0 saturated carbocycles. The first-order valence-electron chi connectivity index (χ1n) is 7.45. The Labute approximate surface area is 134 Å². The van der Waals surface area contributed by atoms with Crippen molar-refractivity contribution in [1.82, 2.24) is 4.57 Å². The van der Waals surface area contributed by atoms with Crippen LogP contribution < -0.4 is 0 Å². The summed E-state index contributed by atoms with van der Waals surface area (Å²) in [4.78, 5) is 12.7. The monoisotopic (exact) mass is 311 g/mol. The molecule has 0 N–H and O–H groups in total. The van der Waals surface area contributed by atoms with Gasteiger partial charge in [-0.05, 0) is 45.0 Å². The van der Waals surface area contributed by atoms with Gasteiger partial charge in [0.25, 0.3) is 0 Å². The Hall–Kier alpha value is -2.62. The standard InChI is InChI=1S/C19H18FNO2/c1-19(2,3)23-18(22)21-16-10-5-4-7-14(16)12-17(21)13-8-6-9-15(20)11-13/h4-12H,1-3H3. The van der Waals surface area contributed by atoms with E-state index in [9.17, 15) is 9.18 Å². The number of rotatable bonds is 1. The van der Waals surface area contributed by atoms with Crippen molar-refractivity contribution >= 4 is 17.0 Å². The van der Waals surface area contributed by atoms with Crippen LogP contribution in [0.4, 0.5) is 9.18 Å². The SMILES string of the molecule is CC(C)(C)OC(=O)n1c(-c2cccc(F)c2)cc2ccccc21. The quantitative estimate of drug-likeness (QED) is 0.616. The topological polar surface area (TPSA) is 31.2 Å². The van der Waals surface area contributed by atoms with Gasteiger partial charge in [0.1, 0.15) is 11.4 Å². The van der Waals surface area contributed by atoms with Gasteiger partial charge in [-0.1, -0.05) is 30.3 Å². The number of ether oxygens (including phenoxy) is 1. The summed E-state index contributed by atoms with van der Waals surface area (Å²) < 4.78 is 20.6. The van der Waals surface area contributed by atoms with E-state index in [-0.39, 0.29) is 5.82 Å². The first kappa shape index (κ1) is 15.3. The molecule has 0 amide bonds. The third-order valence-electron chi connectivity index (χ3n) is 3.41. The molecule has 0 aliphatic heterocycles. The molecule has 4 heteroatoms. The average Bonchev–Trinajstić information content (AvgIpc) is 2.85. The number of nitrogens with zero attached hydrogens (tertiary/aromatic N) is 1.